The number of carboxylic acid groups (broad SMARTS) is 1. The van der Waals surface area contributed by atoms with Gasteiger partial charge in [0.15, 0.2) is 0 Å². The molecule has 1 aromatic heterocycles. The van der Waals surface area contributed by atoms with Crippen LogP contribution < -0.4 is 0 Å². The van der Waals surface area contributed by atoms with Gasteiger partial charge in [-0.2, -0.15) is 0 Å². The van der Waals surface area contributed by atoms with Crippen LogP contribution in [-0.4, -0.2) is 39.6 Å². The molecular weight excluding hydrogens is 242 g/mol. The van der Waals surface area contributed by atoms with Gasteiger partial charge in [-0.3, -0.25) is 9.69 Å². The van der Waals surface area contributed by atoms with E-state index in [2.05, 4.69) is 4.98 Å². The fourth-order valence-corrected chi connectivity index (χ4v) is 2.14. The average molecular weight is 259 g/mol. The second-order valence-corrected chi connectivity index (χ2v) is 4.64. The van der Waals surface area contributed by atoms with Crippen molar-refractivity contribution in [3.05, 3.63) is 42.2 Å². The number of likely N-dealkylation sites (N-methyl/N-ethyl adjacent to an activating group) is 1. The SMILES string of the molecule is CN(C)C(C(=O)O)c1cnc(-c2ccccc2)n1C. The van der Waals surface area contributed by atoms with Gasteiger partial charge in [0, 0.05) is 12.6 Å². The maximum Gasteiger partial charge on any atom is 0.327 e. The predicted molar refractivity (Wildman–Crippen MR) is 72.7 cm³/mol. The normalized spacial score (nSPS) is 12.6. The Morgan fingerprint density at radius 2 is 1.95 bits per heavy atom. The number of benzene rings is 1. The van der Waals surface area contributed by atoms with Gasteiger partial charge in [0.25, 0.3) is 0 Å². The highest BCUT2D eigenvalue weighted by atomic mass is 16.4. The van der Waals surface area contributed by atoms with Crippen molar-refractivity contribution in [2.75, 3.05) is 14.1 Å². The summed E-state index contributed by atoms with van der Waals surface area (Å²) in [6.07, 6.45) is 1.63. The Kier molecular flexibility index (Phi) is 3.66. The maximum atomic E-state index is 11.4. The Hall–Kier alpha value is -2.14. The van der Waals surface area contributed by atoms with Gasteiger partial charge in [0.2, 0.25) is 0 Å². The van der Waals surface area contributed by atoms with E-state index in [9.17, 15) is 9.90 Å². The molecule has 1 N–H and O–H groups in total. The van der Waals surface area contributed by atoms with Crippen LogP contribution in [0.4, 0.5) is 0 Å². The molecule has 5 nitrogen and oxygen atoms in total. The van der Waals surface area contributed by atoms with E-state index in [0.29, 0.717) is 5.69 Å². The number of imidazole rings is 1. The second-order valence-electron chi connectivity index (χ2n) is 4.64. The zero-order chi connectivity index (χ0) is 14.0. The van der Waals surface area contributed by atoms with Gasteiger partial charge >= 0.3 is 5.97 Å². The number of nitrogens with zero attached hydrogens (tertiary/aromatic N) is 3. The maximum absolute atomic E-state index is 11.4. The molecule has 1 heterocycles. The zero-order valence-corrected chi connectivity index (χ0v) is 11.2. The fourth-order valence-electron chi connectivity index (χ4n) is 2.14. The van der Waals surface area contributed by atoms with Crippen LogP contribution in [0, 0.1) is 0 Å². The number of aliphatic carboxylic acids is 1. The summed E-state index contributed by atoms with van der Waals surface area (Å²) in [4.78, 5) is 17.4. The third-order valence-electron chi connectivity index (χ3n) is 3.09. The van der Waals surface area contributed by atoms with Gasteiger partial charge < -0.3 is 9.67 Å². The molecule has 19 heavy (non-hydrogen) atoms. The summed E-state index contributed by atoms with van der Waals surface area (Å²) < 4.78 is 1.83. The molecule has 2 aromatic rings. The fraction of sp³-hybridized carbons (Fsp3) is 0.286. The van der Waals surface area contributed by atoms with Gasteiger partial charge in [0.1, 0.15) is 11.9 Å². The van der Waals surface area contributed by atoms with Crippen LogP contribution in [0.5, 0.6) is 0 Å². The monoisotopic (exact) mass is 259 g/mol. The third kappa shape index (κ3) is 2.51. The van der Waals surface area contributed by atoms with Gasteiger partial charge in [-0.25, -0.2) is 4.98 Å². The molecule has 0 spiro atoms. The highest BCUT2D eigenvalue weighted by molar-refractivity contribution is 5.75. The molecule has 5 heteroatoms. The molecule has 0 amide bonds. The highest BCUT2D eigenvalue weighted by Gasteiger charge is 2.26. The van der Waals surface area contributed by atoms with Crippen LogP contribution in [0.1, 0.15) is 11.7 Å². The molecule has 0 radical (unpaired) electrons. The van der Waals surface area contributed by atoms with Crippen LogP contribution >= 0.6 is 0 Å². The number of hydrogen-bond donors (Lipinski definition) is 1. The smallest absolute Gasteiger partial charge is 0.327 e. The Morgan fingerprint density at radius 1 is 1.32 bits per heavy atom. The molecule has 100 valence electrons. The molecule has 0 bridgehead atoms. The number of carboxylic acids is 1. The summed E-state index contributed by atoms with van der Waals surface area (Å²) in [5.41, 5.74) is 1.63. The van der Waals surface area contributed by atoms with Crippen molar-refractivity contribution >= 4 is 5.97 Å². The second kappa shape index (κ2) is 5.24. The number of carbonyl (C=O) groups is 1. The van der Waals surface area contributed by atoms with Crippen molar-refractivity contribution in [3.63, 3.8) is 0 Å². The van der Waals surface area contributed by atoms with E-state index in [1.54, 1.807) is 25.2 Å². The van der Waals surface area contributed by atoms with Gasteiger partial charge in [-0.15, -0.1) is 0 Å². The molecule has 0 aliphatic rings. The summed E-state index contributed by atoms with van der Waals surface area (Å²) in [5.74, 6) is -0.115. The summed E-state index contributed by atoms with van der Waals surface area (Å²) >= 11 is 0. The molecule has 0 fully saturated rings. The van der Waals surface area contributed by atoms with Crippen molar-refractivity contribution in [1.82, 2.24) is 14.5 Å². The van der Waals surface area contributed by atoms with Crippen molar-refractivity contribution in [2.24, 2.45) is 7.05 Å². The van der Waals surface area contributed by atoms with E-state index in [1.807, 2.05) is 41.9 Å². The van der Waals surface area contributed by atoms with Crippen LogP contribution in [0.15, 0.2) is 36.5 Å². The first kappa shape index (κ1) is 13.3. The lowest BCUT2D eigenvalue weighted by Gasteiger charge is -2.20. The molecule has 1 unspecified atom stereocenters. The molecule has 0 saturated heterocycles. The highest BCUT2D eigenvalue weighted by Crippen LogP contribution is 2.24. The predicted octanol–water partition coefficient (Wildman–Crippen LogP) is 1.77. The van der Waals surface area contributed by atoms with Crippen molar-refractivity contribution in [3.8, 4) is 11.4 Å². The van der Waals surface area contributed by atoms with Crippen molar-refractivity contribution < 1.29 is 9.90 Å². The largest absolute Gasteiger partial charge is 0.480 e. The Bertz CT molecular complexity index is 576. The zero-order valence-electron chi connectivity index (χ0n) is 11.2. The summed E-state index contributed by atoms with van der Waals surface area (Å²) in [6.45, 7) is 0. The molecular formula is C14H17N3O2. The van der Waals surface area contributed by atoms with E-state index >= 15 is 0 Å². The summed E-state index contributed by atoms with van der Waals surface area (Å²) in [7, 11) is 5.33. The standard InChI is InChI=1S/C14H17N3O2/c1-16(2)12(14(18)19)11-9-15-13(17(11)3)10-7-5-4-6-8-10/h4-9,12H,1-3H3,(H,18,19). The van der Waals surface area contributed by atoms with E-state index in [-0.39, 0.29) is 0 Å². The summed E-state index contributed by atoms with van der Waals surface area (Å²) in [5, 5.41) is 9.32. The third-order valence-corrected chi connectivity index (χ3v) is 3.09. The number of hydrogen-bond acceptors (Lipinski definition) is 3. The minimum atomic E-state index is -0.882. The van der Waals surface area contributed by atoms with E-state index in [4.69, 9.17) is 0 Å². The van der Waals surface area contributed by atoms with Crippen molar-refractivity contribution in [1.29, 1.82) is 0 Å². The average Bonchev–Trinajstić information content (AvgIpc) is 2.72. The number of rotatable bonds is 4. The molecule has 0 saturated carbocycles. The molecule has 1 atom stereocenters. The lowest BCUT2D eigenvalue weighted by Crippen LogP contribution is -2.29. The minimum Gasteiger partial charge on any atom is -0.480 e. The lowest BCUT2D eigenvalue weighted by atomic mass is 10.2. The van der Waals surface area contributed by atoms with Gasteiger partial charge in [-0.05, 0) is 14.1 Å². The Labute approximate surface area is 112 Å². The quantitative estimate of drug-likeness (QED) is 0.909. The topological polar surface area (TPSA) is 58.4 Å². The molecule has 0 aliphatic carbocycles. The Balaban J connectivity index is 2.46. The Morgan fingerprint density at radius 3 is 2.47 bits per heavy atom. The van der Waals surface area contributed by atoms with Crippen LogP contribution in [0.25, 0.3) is 11.4 Å². The van der Waals surface area contributed by atoms with Crippen molar-refractivity contribution in [2.45, 2.75) is 6.04 Å². The van der Waals surface area contributed by atoms with Gasteiger partial charge in [0.05, 0.1) is 11.9 Å². The molecule has 0 aliphatic heterocycles. The molecule has 2 rings (SSSR count). The van der Waals surface area contributed by atoms with E-state index in [1.165, 1.54) is 0 Å². The first-order valence-corrected chi connectivity index (χ1v) is 5.98. The van der Waals surface area contributed by atoms with Crippen LogP contribution in [-0.2, 0) is 11.8 Å². The van der Waals surface area contributed by atoms with Crippen LogP contribution in [0.2, 0.25) is 0 Å². The van der Waals surface area contributed by atoms with E-state index in [0.717, 1.165) is 11.4 Å². The lowest BCUT2D eigenvalue weighted by molar-refractivity contribution is -0.142. The minimum absolute atomic E-state index is 0.663. The number of aromatic nitrogens is 2. The van der Waals surface area contributed by atoms with E-state index < -0.39 is 12.0 Å². The summed E-state index contributed by atoms with van der Waals surface area (Å²) in [6, 6.07) is 9.02. The van der Waals surface area contributed by atoms with Gasteiger partial charge in [-0.1, -0.05) is 30.3 Å². The van der Waals surface area contributed by atoms with Crippen LogP contribution in [0.3, 0.4) is 0 Å². The molecule has 1 aromatic carbocycles. The first-order valence-electron chi connectivity index (χ1n) is 5.98. The first-order chi connectivity index (χ1) is 9.02.